The Morgan fingerprint density at radius 3 is 2.55 bits per heavy atom. The van der Waals surface area contributed by atoms with Crippen LogP contribution >= 0.6 is 11.3 Å². The summed E-state index contributed by atoms with van der Waals surface area (Å²) in [4.78, 5) is 20.7. The summed E-state index contributed by atoms with van der Waals surface area (Å²) >= 11 is 1.65. The first-order chi connectivity index (χ1) is 16.1. The van der Waals surface area contributed by atoms with Gasteiger partial charge in [-0.3, -0.25) is 9.20 Å². The van der Waals surface area contributed by atoms with E-state index in [9.17, 15) is 4.79 Å². The van der Waals surface area contributed by atoms with Gasteiger partial charge in [0.05, 0.1) is 5.69 Å². The van der Waals surface area contributed by atoms with Crippen molar-refractivity contribution >= 4 is 33.0 Å². The van der Waals surface area contributed by atoms with Crippen LogP contribution in [-0.4, -0.2) is 26.7 Å². The van der Waals surface area contributed by atoms with Crippen molar-refractivity contribution in [2.75, 3.05) is 6.54 Å². The summed E-state index contributed by atoms with van der Waals surface area (Å²) in [7, 11) is 0. The van der Waals surface area contributed by atoms with E-state index in [1.165, 1.54) is 16.5 Å². The number of amides is 1. The van der Waals surface area contributed by atoms with Gasteiger partial charge in [-0.25, -0.2) is 4.98 Å². The van der Waals surface area contributed by atoms with Crippen LogP contribution in [0.15, 0.2) is 84.4 Å². The molecule has 0 N–H and O–H groups in total. The minimum Gasteiger partial charge on any atom is -0.338 e. The maximum atomic E-state index is 12.9. The zero-order chi connectivity index (χ0) is 22.8. The molecule has 1 amide bonds. The Kier molecular flexibility index (Phi) is 5.97. The van der Waals surface area contributed by atoms with Crippen LogP contribution in [0, 0.1) is 5.92 Å². The van der Waals surface area contributed by atoms with Crippen LogP contribution in [0.3, 0.4) is 0 Å². The highest BCUT2D eigenvalue weighted by atomic mass is 32.1. The molecule has 5 heteroatoms. The zero-order valence-corrected chi connectivity index (χ0v) is 19.8. The van der Waals surface area contributed by atoms with Gasteiger partial charge in [-0.05, 0) is 22.4 Å². The minimum atomic E-state index is -0.0241. The van der Waals surface area contributed by atoms with Gasteiger partial charge in [-0.2, -0.15) is 0 Å². The van der Waals surface area contributed by atoms with E-state index in [1.807, 2.05) is 36.9 Å². The smallest absolute Gasteiger partial charge is 0.225 e. The molecule has 2 aromatic heterocycles. The van der Waals surface area contributed by atoms with Gasteiger partial charge in [0.15, 0.2) is 4.96 Å². The normalized spacial score (nSPS) is 11.5. The van der Waals surface area contributed by atoms with Gasteiger partial charge >= 0.3 is 0 Å². The maximum absolute atomic E-state index is 12.9. The number of fused-ring (bicyclic) bond motifs is 2. The number of aromatic nitrogens is 2. The molecule has 4 nitrogen and oxygen atoms in total. The molecular formula is C28H27N3OS. The number of carbonyl (C=O) groups excluding carboxylic acids is 1. The van der Waals surface area contributed by atoms with Gasteiger partial charge < -0.3 is 4.90 Å². The number of imidazole rings is 1. The van der Waals surface area contributed by atoms with Crippen molar-refractivity contribution in [1.29, 1.82) is 0 Å². The lowest BCUT2D eigenvalue weighted by atomic mass is 10.1. The van der Waals surface area contributed by atoms with Crippen molar-refractivity contribution in [3.8, 4) is 11.3 Å². The molecule has 5 rings (SSSR count). The molecule has 0 aliphatic heterocycles. The van der Waals surface area contributed by atoms with Crippen molar-refractivity contribution in [1.82, 2.24) is 14.3 Å². The third-order valence-electron chi connectivity index (χ3n) is 5.99. The quantitative estimate of drug-likeness (QED) is 0.284. The molecular weight excluding hydrogens is 426 g/mol. The van der Waals surface area contributed by atoms with Crippen molar-refractivity contribution in [2.24, 2.45) is 5.92 Å². The molecule has 0 saturated carbocycles. The Morgan fingerprint density at radius 1 is 1.00 bits per heavy atom. The standard InChI is InChI=1S/C28H27N3OS/c1-20(2)27(32)30(17-21-8-4-3-5-9-21)15-14-25-19-33-28-29-26(18-31(25)28)24-13-12-22-10-6-7-11-23(22)16-24/h3-13,16,18-20H,14-15,17H2,1-2H3. The van der Waals surface area contributed by atoms with Gasteiger partial charge in [-0.15, -0.1) is 11.3 Å². The highest BCUT2D eigenvalue weighted by molar-refractivity contribution is 7.15. The number of nitrogens with zero attached hydrogens (tertiary/aromatic N) is 3. The summed E-state index contributed by atoms with van der Waals surface area (Å²) < 4.78 is 2.18. The van der Waals surface area contributed by atoms with E-state index >= 15 is 0 Å². The molecule has 2 heterocycles. The van der Waals surface area contributed by atoms with Crippen LogP contribution in [0.1, 0.15) is 25.1 Å². The number of rotatable bonds is 7. The fraction of sp³-hybridized carbons (Fsp3) is 0.214. The molecule has 0 spiro atoms. The van der Waals surface area contributed by atoms with Gasteiger partial charge in [0.1, 0.15) is 0 Å². The van der Waals surface area contributed by atoms with Crippen LogP contribution in [0.25, 0.3) is 27.0 Å². The summed E-state index contributed by atoms with van der Waals surface area (Å²) in [6, 6.07) is 25.1. The second-order valence-electron chi connectivity index (χ2n) is 8.72. The summed E-state index contributed by atoms with van der Waals surface area (Å²) in [5.74, 6) is 0.164. The second kappa shape index (κ2) is 9.20. The van der Waals surface area contributed by atoms with Crippen molar-refractivity contribution in [3.05, 3.63) is 95.6 Å². The van der Waals surface area contributed by atoms with E-state index in [4.69, 9.17) is 4.98 Å². The molecule has 0 saturated heterocycles. The molecule has 0 unspecified atom stereocenters. The molecule has 5 aromatic rings. The third-order valence-corrected chi connectivity index (χ3v) is 6.88. The highest BCUT2D eigenvalue weighted by Gasteiger charge is 2.18. The zero-order valence-electron chi connectivity index (χ0n) is 18.9. The Balaban J connectivity index is 1.38. The first-order valence-corrected chi connectivity index (χ1v) is 12.2. The van der Waals surface area contributed by atoms with E-state index in [0.717, 1.165) is 28.2 Å². The van der Waals surface area contributed by atoms with E-state index in [2.05, 4.69) is 70.6 Å². The molecule has 3 aromatic carbocycles. The van der Waals surface area contributed by atoms with Crippen LogP contribution < -0.4 is 0 Å². The Hall–Kier alpha value is -3.44. The Bertz CT molecular complexity index is 1400. The molecule has 0 atom stereocenters. The summed E-state index contributed by atoms with van der Waals surface area (Å²) in [5, 5.41) is 4.61. The molecule has 33 heavy (non-hydrogen) atoms. The number of carbonyl (C=O) groups is 1. The predicted octanol–water partition coefficient (Wildman–Crippen LogP) is 6.44. The molecule has 0 aliphatic rings. The monoisotopic (exact) mass is 453 g/mol. The van der Waals surface area contributed by atoms with E-state index in [-0.39, 0.29) is 11.8 Å². The molecule has 0 fully saturated rings. The third kappa shape index (κ3) is 4.55. The van der Waals surface area contributed by atoms with Gasteiger partial charge in [0.25, 0.3) is 0 Å². The van der Waals surface area contributed by atoms with E-state index in [1.54, 1.807) is 11.3 Å². The van der Waals surface area contributed by atoms with Crippen molar-refractivity contribution < 1.29 is 4.79 Å². The van der Waals surface area contributed by atoms with Crippen LogP contribution in [-0.2, 0) is 17.8 Å². The lowest BCUT2D eigenvalue weighted by Gasteiger charge is -2.24. The van der Waals surface area contributed by atoms with E-state index < -0.39 is 0 Å². The average molecular weight is 454 g/mol. The number of hydrogen-bond acceptors (Lipinski definition) is 3. The van der Waals surface area contributed by atoms with Crippen LogP contribution in [0.2, 0.25) is 0 Å². The first-order valence-electron chi connectivity index (χ1n) is 11.4. The number of hydrogen-bond donors (Lipinski definition) is 0. The fourth-order valence-corrected chi connectivity index (χ4v) is 5.09. The van der Waals surface area contributed by atoms with Gasteiger partial charge in [0, 0.05) is 48.3 Å². The molecule has 0 aliphatic carbocycles. The molecule has 0 bridgehead atoms. The SMILES string of the molecule is CC(C)C(=O)N(CCc1csc2nc(-c3ccc4ccccc4c3)cn12)Cc1ccccc1. The van der Waals surface area contributed by atoms with Crippen molar-refractivity contribution in [3.63, 3.8) is 0 Å². The van der Waals surface area contributed by atoms with Crippen LogP contribution in [0.4, 0.5) is 0 Å². The maximum Gasteiger partial charge on any atom is 0.225 e. The number of thiazole rings is 1. The average Bonchev–Trinajstić information content (AvgIpc) is 3.43. The van der Waals surface area contributed by atoms with Crippen LogP contribution in [0.5, 0.6) is 0 Å². The first kappa shape index (κ1) is 21.4. The lowest BCUT2D eigenvalue weighted by molar-refractivity contribution is -0.135. The summed E-state index contributed by atoms with van der Waals surface area (Å²) in [5.41, 5.74) is 4.44. The van der Waals surface area contributed by atoms with Gasteiger partial charge in [0.2, 0.25) is 5.91 Å². The molecule has 166 valence electrons. The summed E-state index contributed by atoms with van der Waals surface area (Å²) in [6.45, 7) is 5.25. The largest absolute Gasteiger partial charge is 0.338 e. The summed E-state index contributed by atoms with van der Waals surface area (Å²) in [6.07, 6.45) is 2.91. The lowest BCUT2D eigenvalue weighted by Crippen LogP contribution is -2.35. The topological polar surface area (TPSA) is 37.6 Å². The Labute approximate surface area is 198 Å². The Morgan fingerprint density at radius 2 is 1.76 bits per heavy atom. The van der Waals surface area contributed by atoms with Crippen molar-refractivity contribution in [2.45, 2.75) is 26.8 Å². The predicted molar refractivity (Wildman–Crippen MR) is 136 cm³/mol. The minimum absolute atomic E-state index is 0.0241. The highest BCUT2D eigenvalue weighted by Crippen LogP contribution is 2.27. The molecule has 0 radical (unpaired) electrons. The van der Waals surface area contributed by atoms with E-state index in [0.29, 0.717) is 13.1 Å². The second-order valence-corrected chi connectivity index (χ2v) is 9.55. The number of benzene rings is 3. The van der Waals surface area contributed by atoms with Gasteiger partial charge in [-0.1, -0.05) is 80.6 Å². The fourth-order valence-electron chi connectivity index (χ4n) is 4.18.